The van der Waals surface area contributed by atoms with Gasteiger partial charge in [-0.3, -0.25) is 9.36 Å². The Kier molecular flexibility index (Phi) is 7.21. The van der Waals surface area contributed by atoms with Crippen LogP contribution in [0, 0.1) is 5.92 Å². The Bertz CT molecular complexity index is 1290. The van der Waals surface area contributed by atoms with Crippen molar-refractivity contribution in [1.29, 1.82) is 0 Å². The van der Waals surface area contributed by atoms with E-state index < -0.39 is 5.97 Å². The summed E-state index contributed by atoms with van der Waals surface area (Å²) in [6, 6.07) is 14.7. The van der Waals surface area contributed by atoms with Crippen LogP contribution in [0.4, 0.5) is 0 Å². The zero-order valence-electron chi connectivity index (χ0n) is 20.7. The molecule has 0 aliphatic heterocycles. The second-order valence-corrected chi connectivity index (χ2v) is 10.3. The van der Waals surface area contributed by atoms with E-state index in [2.05, 4.69) is 0 Å². The minimum Gasteiger partial charge on any atom is -0.478 e. The van der Waals surface area contributed by atoms with Crippen LogP contribution >= 0.6 is 0 Å². The molecule has 0 unspecified atom stereocenters. The standard InChI is InChI=1S/C30H34N2O4/c33-28(24-11-5-2-6-12-24)32-20-27(23-9-3-1-4-10-23)31(30(32)36)19-21-15-17-22(18-16-21)25-13-7-8-14-26(25)29(34)35/h7-8,13-18,20,23-24H,1-6,9-12,19H2,(H,34,35). The van der Waals surface area contributed by atoms with Gasteiger partial charge in [-0.1, -0.05) is 81.0 Å². The minimum atomic E-state index is -0.956. The number of rotatable bonds is 6. The molecule has 2 saturated carbocycles. The minimum absolute atomic E-state index is 0.0452. The molecule has 2 aromatic carbocycles. The zero-order valence-corrected chi connectivity index (χ0v) is 20.7. The number of benzene rings is 2. The number of aromatic carboxylic acids is 1. The van der Waals surface area contributed by atoms with Gasteiger partial charge in [-0.15, -0.1) is 0 Å². The van der Waals surface area contributed by atoms with Crippen molar-refractivity contribution in [3.63, 3.8) is 0 Å². The molecule has 0 amide bonds. The van der Waals surface area contributed by atoms with Crippen molar-refractivity contribution < 1.29 is 14.7 Å². The Morgan fingerprint density at radius 1 is 0.833 bits per heavy atom. The van der Waals surface area contributed by atoms with Crippen molar-refractivity contribution in [1.82, 2.24) is 9.13 Å². The third kappa shape index (κ3) is 4.95. The van der Waals surface area contributed by atoms with E-state index in [0.717, 1.165) is 68.2 Å². The lowest BCUT2D eigenvalue weighted by Gasteiger charge is -2.22. The molecule has 0 bridgehead atoms. The summed E-state index contributed by atoms with van der Waals surface area (Å²) in [5, 5.41) is 9.53. The van der Waals surface area contributed by atoms with Crippen molar-refractivity contribution >= 4 is 11.9 Å². The van der Waals surface area contributed by atoms with E-state index in [9.17, 15) is 19.5 Å². The largest absolute Gasteiger partial charge is 0.478 e. The molecule has 6 heteroatoms. The summed E-state index contributed by atoms with van der Waals surface area (Å²) in [5.41, 5.74) is 3.45. The van der Waals surface area contributed by atoms with Gasteiger partial charge >= 0.3 is 11.7 Å². The van der Waals surface area contributed by atoms with E-state index in [1.165, 1.54) is 17.4 Å². The average molecular weight is 487 g/mol. The molecule has 2 aliphatic rings. The predicted molar refractivity (Wildman–Crippen MR) is 140 cm³/mol. The van der Waals surface area contributed by atoms with Gasteiger partial charge in [0.1, 0.15) is 0 Å². The van der Waals surface area contributed by atoms with E-state index in [0.29, 0.717) is 18.0 Å². The van der Waals surface area contributed by atoms with Gasteiger partial charge in [-0.25, -0.2) is 14.2 Å². The molecule has 1 N–H and O–H groups in total. The first-order valence-corrected chi connectivity index (χ1v) is 13.3. The number of carbonyl (C=O) groups excluding carboxylic acids is 1. The van der Waals surface area contributed by atoms with Crippen LogP contribution in [0.25, 0.3) is 11.1 Å². The van der Waals surface area contributed by atoms with Crippen molar-refractivity contribution in [3.05, 3.63) is 82.0 Å². The third-order valence-electron chi connectivity index (χ3n) is 7.99. The van der Waals surface area contributed by atoms with E-state index in [-0.39, 0.29) is 23.1 Å². The van der Waals surface area contributed by atoms with E-state index in [4.69, 9.17) is 0 Å². The number of aromatic nitrogens is 2. The molecule has 3 aromatic rings. The van der Waals surface area contributed by atoms with Crippen molar-refractivity contribution in [3.8, 4) is 11.1 Å². The van der Waals surface area contributed by atoms with Crippen LogP contribution in [0.2, 0.25) is 0 Å². The van der Waals surface area contributed by atoms with Crippen molar-refractivity contribution in [2.45, 2.75) is 76.7 Å². The maximum absolute atomic E-state index is 13.6. The smallest absolute Gasteiger partial charge is 0.336 e. The Morgan fingerprint density at radius 2 is 1.47 bits per heavy atom. The van der Waals surface area contributed by atoms with E-state index in [1.54, 1.807) is 22.8 Å². The zero-order chi connectivity index (χ0) is 25.1. The van der Waals surface area contributed by atoms with Crippen molar-refractivity contribution in [2.75, 3.05) is 0 Å². The van der Waals surface area contributed by atoms with Crippen LogP contribution < -0.4 is 5.69 Å². The Hall–Kier alpha value is -3.41. The fraction of sp³-hybridized carbons (Fsp3) is 0.433. The lowest BCUT2D eigenvalue weighted by Crippen LogP contribution is -2.34. The molecular weight excluding hydrogens is 452 g/mol. The second-order valence-electron chi connectivity index (χ2n) is 10.3. The van der Waals surface area contributed by atoms with Crippen LogP contribution in [0.1, 0.15) is 96.5 Å². The van der Waals surface area contributed by atoms with Gasteiger partial charge in [0.25, 0.3) is 0 Å². The topological polar surface area (TPSA) is 81.3 Å². The summed E-state index contributed by atoms with van der Waals surface area (Å²) < 4.78 is 3.20. The molecule has 6 nitrogen and oxygen atoms in total. The van der Waals surface area contributed by atoms with E-state index >= 15 is 0 Å². The van der Waals surface area contributed by atoms with Gasteiger partial charge in [0.15, 0.2) is 0 Å². The molecule has 0 atom stereocenters. The van der Waals surface area contributed by atoms with Crippen molar-refractivity contribution in [2.24, 2.45) is 5.92 Å². The first-order valence-electron chi connectivity index (χ1n) is 13.3. The van der Waals surface area contributed by atoms with Gasteiger partial charge < -0.3 is 5.11 Å². The fourth-order valence-corrected chi connectivity index (χ4v) is 5.98. The highest BCUT2D eigenvalue weighted by Gasteiger charge is 2.28. The molecule has 36 heavy (non-hydrogen) atoms. The monoisotopic (exact) mass is 486 g/mol. The summed E-state index contributed by atoms with van der Waals surface area (Å²) in [4.78, 5) is 38.5. The Labute approximate surface area is 211 Å². The maximum atomic E-state index is 13.6. The first-order chi connectivity index (χ1) is 17.5. The molecular formula is C30H34N2O4. The number of hydrogen-bond donors (Lipinski definition) is 1. The Balaban J connectivity index is 1.46. The van der Waals surface area contributed by atoms with Gasteiger partial charge in [-0.2, -0.15) is 0 Å². The predicted octanol–water partition coefficient (Wildman–Crippen LogP) is 6.33. The van der Waals surface area contributed by atoms with Crippen LogP contribution in [-0.4, -0.2) is 26.1 Å². The second kappa shape index (κ2) is 10.7. The number of carbonyl (C=O) groups is 2. The summed E-state index contributed by atoms with van der Waals surface area (Å²) in [7, 11) is 0. The summed E-state index contributed by atoms with van der Waals surface area (Å²) in [6.45, 7) is 0.399. The molecule has 1 aromatic heterocycles. The van der Waals surface area contributed by atoms with Crippen LogP contribution in [0.5, 0.6) is 0 Å². The maximum Gasteiger partial charge on any atom is 0.336 e. The lowest BCUT2D eigenvalue weighted by atomic mass is 9.87. The number of hydrogen-bond acceptors (Lipinski definition) is 3. The number of carboxylic acids is 1. The summed E-state index contributed by atoms with van der Waals surface area (Å²) >= 11 is 0. The molecule has 2 aliphatic carbocycles. The lowest BCUT2D eigenvalue weighted by molar-refractivity contribution is 0.0697. The highest BCUT2D eigenvalue weighted by molar-refractivity contribution is 5.96. The number of nitrogens with zero attached hydrogens (tertiary/aromatic N) is 2. The summed E-state index contributed by atoms with van der Waals surface area (Å²) in [6.07, 6.45) is 12.5. The highest BCUT2D eigenvalue weighted by atomic mass is 16.4. The summed E-state index contributed by atoms with van der Waals surface area (Å²) in [5.74, 6) is -0.757. The van der Waals surface area contributed by atoms with Gasteiger partial charge in [-0.05, 0) is 48.4 Å². The quantitative estimate of drug-likeness (QED) is 0.441. The van der Waals surface area contributed by atoms with Gasteiger partial charge in [0.2, 0.25) is 5.91 Å². The van der Waals surface area contributed by atoms with Crippen LogP contribution in [0.3, 0.4) is 0 Å². The van der Waals surface area contributed by atoms with Gasteiger partial charge in [0.05, 0.1) is 12.1 Å². The third-order valence-corrected chi connectivity index (χ3v) is 7.99. The molecule has 2 fully saturated rings. The Morgan fingerprint density at radius 3 is 2.14 bits per heavy atom. The fourth-order valence-electron chi connectivity index (χ4n) is 5.98. The first kappa shape index (κ1) is 24.3. The molecule has 0 spiro atoms. The molecule has 1 heterocycles. The molecule has 5 rings (SSSR count). The highest BCUT2D eigenvalue weighted by Crippen LogP contribution is 2.33. The normalized spacial score (nSPS) is 17.2. The molecule has 0 radical (unpaired) electrons. The van der Waals surface area contributed by atoms with E-state index in [1.807, 2.05) is 36.5 Å². The molecule has 0 saturated heterocycles. The van der Waals surface area contributed by atoms with Crippen LogP contribution in [0.15, 0.2) is 59.5 Å². The number of imidazole rings is 1. The van der Waals surface area contributed by atoms with Gasteiger partial charge in [0, 0.05) is 23.7 Å². The number of carboxylic acid groups (broad SMARTS) is 1. The van der Waals surface area contributed by atoms with Crippen LogP contribution in [-0.2, 0) is 6.54 Å². The average Bonchev–Trinajstić information content (AvgIpc) is 3.25. The molecule has 188 valence electrons. The SMILES string of the molecule is O=C(O)c1ccccc1-c1ccc(Cn2c(C3CCCCC3)cn(C(=O)C3CCCCC3)c2=O)cc1.